The second kappa shape index (κ2) is 6.69. The fourth-order valence-electron chi connectivity index (χ4n) is 2.73. The zero-order chi connectivity index (χ0) is 12.8. The molecule has 18 heavy (non-hydrogen) atoms. The normalized spacial score (nSPS) is 20.5. The minimum atomic E-state index is 0.410. The van der Waals surface area contributed by atoms with Crippen molar-refractivity contribution in [2.75, 3.05) is 6.54 Å². The second-order valence-corrected chi connectivity index (χ2v) is 5.28. The molecule has 1 atom stereocenters. The van der Waals surface area contributed by atoms with Gasteiger partial charge in [-0.3, -0.25) is 9.69 Å². The molecule has 0 N–H and O–H groups in total. The largest absolute Gasteiger partial charge is 0.298 e. The van der Waals surface area contributed by atoms with E-state index < -0.39 is 0 Å². The fourth-order valence-corrected chi connectivity index (χ4v) is 2.73. The molecule has 0 saturated carbocycles. The van der Waals surface area contributed by atoms with E-state index in [4.69, 9.17) is 0 Å². The van der Waals surface area contributed by atoms with Crippen molar-refractivity contribution in [2.45, 2.75) is 51.6 Å². The Hall–Kier alpha value is -1.15. The number of likely N-dealkylation sites (tertiary alicyclic amines) is 1. The minimum Gasteiger partial charge on any atom is -0.298 e. The molecule has 1 heterocycles. The molecule has 0 aliphatic carbocycles. The molecule has 1 unspecified atom stereocenters. The van der Waals surface area contributed by atoms with Gasteiger partial charge in [-0.15, -0.1) is 0 Å². The summed E-state index contributed by atoms with van der Waals surface area (Å²) in [6.07, 6.45) is 5.71. The Morgan fingerprint density at radius 1 is 1.22 bits per heavy atom. The lowest BCUT2D eigenvalue weighted by Crippen LogP contribution is -2.29. The summed E-state index contributed by atoms with van der Waals surface area (Å²) in [5.41, 5.74) is 1.31. The predicted octanol–water partition coefficient (Wildman–Crippen LogP) is 3.41. The maximum atomic E-state index is 11.6. The molecule has 0 radical (unpaired) electrons. The summed E-state index contributed by atoms with van der Waals surface area (Å²) in [7, 11) is 0. The topological polar surface area (TPSA) is 20.3 Å². The predicted molar refractivity (Wildman–Crippen MR) is 74.4 cm³/mol. The first-order chi connectivity index (χ1) is 8.79. The Labute approximate surface area is 110 Å². The van der Waals surface area contributed by atoms with Gasteiger partial charge in [0.1, 0.15) is 5.78 Å². The lowest BCUT2D eigenvalue weighted by molar-refractivity contribution is -0.117. The maximum Gasteiger partial charge on any atom is 0.148 e. The Balaban J connectivity index is 1.90. The van der Waals surface area contributed by atoms with Gasteiger partial charge in [0.15, 0.2) is 0 Å². The monoisotopic (exact) mass is 245 g/mol. The molecule has 1 saturated heterocycles. The highest BCUT2D eigenvalue weighted by Crippen LogP contribution is 2.22. The van der Waals surface area contributed by atoms with E-state index in [1.54, 1.807) is 0 Å². The van der Waals surface area contributed by atoms with Crippen LogP contribution in [-0.2, 0) is 11.3 Å². The molecule has 0 aromatic heterocycles. The van der Waals surface area contributed by atoms with Gasteiger partial charge >= 0.3 is 0 Å². The number of Topliss-reactive ketones (excluding diaryl/α,β-unsaturated/α-hetero) is 1. The molecule has 1 aliphatic heterocycles. The van der Waals surface area contributed by atoms with Crippen LogP contribution in [0.4, 0.5) is 0 Å². The number of hydrogen-bond acceptors (Lipinski definition) is 2. The lowest BCUT2D eigenvalue weighted by atomic mass is 10.1. The van der Waals surface area contributed by atoms with Gasteiger partial charge in [0, 0.05) is 19.0 Å². The van der Waals surface area contributed by atoms with Crippen LogP contribution in [0.3, 0.4) is 0 Å². The summed E-state index contributed by atoms with van der Waals surface area (Å²) in [4.78, 5) is 14.0. The zero-order valence-electron chi connectivity index (χ0n) is 11.3. The second-order valence-electron chi connectivity index (χ2n) is 5.28. The van der Waals surface area contributed by atoms with Gasteiger partial charge in [-0.1, -0.05) is 56.5 Å². The molecular weight excluding hydrogens is 222 g/mol. The number of unbranched alkanes of at least 4 members (excludes halogenated alkanes) is 2. The van der Waals surface area contributed by atoms with E-state index >= 15 is 0 Å². The molecule has 0 bridgehead atoms. The highest BCUT2D eigenvalue weighted by atomic mass is 16.1. The van der Waals surface area contributed by atoms with Gasteiger partial charge in [0.05, 0.1) is 6.54 Å². The van der Waals surface area contributed by atoms with E-state index in [0.29, 0.717) is 18.4 Å². The van der Waals surface area contributed by atoms with E-state index in [0.717, 1.165) is 13.0 Å². The van der Waals surface area contributed by atoms with Crippen LogP contribution in [0.1, 0.15) is 44.6 Å². The minimum absolute atomic E-state index is 0.410. The number of nitrogens with zero attached hydrogens (tertiary/aromatic N) is 1. The number of ketones is 1. The Morgan fingerprint density at radius 2 is 2.00 bits per heavy atom. The summed E-state index contributed by atoms with van der Waals surface area (Å²) in [6, 6.07) is 10.9. The van der Waals surface area contributed by atoms with Crippen LogP contribution in [0.25, 0.3) is 0 Å². The van der Waals surface area contributed by atoms with Crippen LogP contribution < -0.4 is 0 Å². The SMILES string of the molecule is CCCCCC1CC(=O)CN1Cc1ccccc1. The van der Waals surface area contributed by atoms with Crippen molar-refractivity contribution in [3.8, 4) is 0 Å². The molecular formula is C16H23NO. The van der Waals surface area contributed by atoms with E-state index in [9.17, 15) is 4.79 Å². The number of carbonyl (C=O) groups is 1. The van der Waals surface area contributed by atoms with E-state index in [1.165, 1.54) is 31.2 Å². The number of carbonyl (C=O) groups excluding carboxylic acids is 1. The summed E-state index contributed by atoms with van der Waals surface area (Å²) >= 11 is 0. The van der Waals surface area contributed by atoms with Crippen molar-refractivity contribution in [1.82, 2.24) is 4.90 Å². The third-order valence-corrected chi connectivity index (χ3v) is 3.73. The molecule has 1 fully saturated rings. The smallest absolute Gasteiger partial charge is 0.148 e. The first-order valence-corrected chi connectivity index (χ1v) is 7.09. The Kier molecular flexibility index (Phi) is 4.94. The molecule has 1 aromatic carbocycles. The number of hydrogen-bond donors (Lipinski definition) is 0. The average molecular weight is 245 g/mol. The third-order valence-electron chi connectivity index (χ3n) is 3.73. The van der Waals surface area contributed by atoms with Crippen molar-refractivity contribution in [3.05, 3.63) is 35.9 Å². The molecule has 2 rings (SSSR count). The van der Waals surface area contributed by atoms with Crippen LogP contribution >= 0.6 is 0 Å². The van der Waals surface area contributed by atoms with Crippen LogP contribution in [-0.4, -0.2) is 23.3 Å². The van der Waals surface area contributed by atoms with Gasteiger partial charge in [0.25, 0.3) is 0 Å². The summed E-state index contributed by atoms with van der Waals surface area (Å²) in [6.45, 7) is 3.79. The summed E-state index contributed by atoms with van der Waals surface area (Å²) in [5.74, 6) is 0.410. The highest BCUT2D eigenvalue weighted by Gasteiger charge is 2.29. The van der Waals surface area contributed by atoms with Crippen LogP contribution in [0.5, 0.6) is 0 Å². The Bertz CT molecular complexity index is 374. The molecule has 0 amide bonds. The zero-order valence-corrected chi connectivity index (χ0v) is 11.3. The van der Waals surface area contributed by atoms with Gasteiger partial charge in [-0.05, 0) is 12.0 Å². The van der Waals surface area contributed by atoms with E-state index in [2.05, 4.69) is 36.1 Å². The first-order valence-electron chi connectivity index (χ1n) is 7.09. The van der Waals surface area contributed by atoms with Crippen LogP contribution in [0.2, 0.25) is 0 Å². The van der Waals surface area contributed by atoms with E-state index in [-0.39, 0.29) is 0 Å². The highest BCUT2D eigenvalue weighted by molar-refractivity contribution is 5.83. The molecule has 2 nitrogen and oxygen atoms in total. The van der Waals surface area contributed by atoms with Crippen molar-refractivity contribution in [1.29, 1.82) is 0 Å². The van der Waals surface area contributed by atoms with Crippen LogP contribution in [0.15, 0.2) is 30.3 Å². The quantitative estimate of drug-likeness (QED) is 0.716. The molecule has 1 aliphatic rings. The maximum absolute atomic E-state index is 11.6. The Morgan fingerprint density at radius 3 is 2.72 bits per heavy atom. The van der Waals surface area contributed by atoms with Gasteiger partial charge < -0.3 is 0 Å². The average Bonchev–Trinajstić information content (AvgIpc) is 2.71. The van der Waals surface area contributed by atoms with Gasteiger partial charge in [-0.2, -0.15) is 0 Å². The number of benzene rings is 1. The van der Waals surface area contributed by atoms with Crippen molar-refractivity contribution in [2.24, 2.45) is 0 Å². The fraction of sp³-hybridized carbons (Fsp3) is 0.562. The summed E-state index contributed by atoms with van der Waals surface area (Å²) < 4.78 is 0. The molecule has 98 valence electrons. The van der Waals surface area contributed by atoms with Crippen molar-refractivity contribution >= 4 is 5.78 Å². The standard InChI is InChI=1S/C16H23NO/c1-2-3-5-10-15-11-16(18)13-17(15)12-14-8-6-4-7-9-14/h4,6-9,15H,2-3,5,10-13H2,1H3. The van der Waals surface area contributed by atoms with Crippen LogP contribution in [0, 0.1) is 0 Å². The van der Waals surface area contributed by atoms with Gasteiger partial charge in [-0.25, -0.2) is 0 Å². The van der Waals surface area contributed by atoms with Crippen molar-refractivity contribution < 1.29 is 4.79 Å². The third kappa shape index (κ3) is 3.67. The van der Waals surface area contributed by atoms with Gasteiger partial charge in [0.2, 0.25) is 0 Å². The van der Waals surface area contributed by atoms with E-state index in [1.807, 2.05) is 6.07 Å². The lowest BCUT2D eigenvalue weighted by Gasteiger charge is -2.23. The molecule has 0 spiro atoms. The first kappa shape index (κ1) is 13.3. The van der Waals surface area contributed by atoms with Crippen molar-refractivity contribution in [3.63, 3.8) is 0 Å². The molecule has 1 aromatic rings. The molecule has 2 heteroatoms. The summed E-state index contributed by atoms with van der Waals surface area (Å²) in [5, 5.41) is 0. The number of rotatable bonds is 6.